The first kappa shape index (κ1) is 18.2. The molecule has 4 saturated carbocycles. The topological polar surface area (TPSA) is 21.3 Å². The van der Waals surface area contributed by atoms with Crippen molar-refractivity contribution >= 4 is 0 Å². The number of rotatable bonds is 6. The van der Waals surface area contributed by atoms with E-state index in [1.807, 2.05) is 6.07 Å². The Balaban J connectivity index is 1.25. The highest BCUT2D eigenvalue weighted by Crippen LogP contribution is 2.66. The van der Waals surface area contributed by atoms with Gasteiger partial charge in [0.25, 0.3) is 0 Å². The molecule has 2 heteroatoms. The Morgan fingerprint density at radius 1 is 0.857 bits per heavy atom. The van der Waals surface area contributed by atoms with Crippen molar-refractivity contribution in [3.05, 3.63) is 65.7 Å². The first-order chi connectivity index (χ1) is 13.4. The van der Waals surface area contributed by atoms with E-state index in [0.717, 1.165) is 18.2 Å². The minimum absolute atomic E-state index is 0.351. The van der Waals surface area contributed by atoms with Gasteiger partial charge in [-0.1, -0.05) is 56.3 Å². The molecule has 0 aliphatic heterocycles. The molecule has 2 nitrogen and oxygen atoms in total. The summed E-state index contributed by atoms with van der Waals surface area (Å²) < 4.78 is 6.03. The lowest BCUT2D eigenvalue weighted by Gasteiger charge is -2.65. The third kappa shape index (κ3) is 3.59. The molecule has 4 aliphatic rings. The predicted molar refractivity (Wildman–Crippen MR) is 114 cm³/mol. The van der Waals surface area contributed by atoms with Crippen molar-refractivity contribution in [3.8, 4) is 5.75 Å². The molecule has 0 amide bonds. The summed E-state index contributed by atoms with van der Waals surface area (Å²) in [6.07, 6.45) is 8.43. The monoisotopic (exact) mass is 375 g/mol. The van der Waals surface area contributed by atoms with Crippen molar-refractivity contribution in [3.63, 3.8) is 0 Å². The fourth-order valence-electron chi connectivity index (χ4n) is 7.42. The Bertz CT molecular complexity index is 827. The molecular formula is C26H33NO. The summed E-state index contributed by atoms with van der Waals surface area (Å²) >= 11 is 0. The largest absolute Gasteiger partial charge is 0.489 e. The second-order valence-corrected chi connectivity index (χ2v) is 10.7. The van der Waals surface area contributed by atoms with E-state index in [1.165, 1.54) is 49.7 Å². The molecule has 4 aliphatic carbocycles. The summed E-state index contributed by atoms with van der Waals surface area (Å²) in [6, 6.07) is 19.0. The fourth-order valence-corrected chi connectivity index (χ4v) is 7.42. The number of nitrogens with one attached hydrogen (secondary N) is 1. The normalized spacial score (nSPS) is 35.9. The van der Waals surface area contributed by atoms with Crippen LogP contribution >= 0.6 is 0 Å². The second kappa shape index (κ2) is 6.62. The summed E-state index contributed by atoms with van der Waals surface area (Å²) in [6.45, 7) is 6.66. The van der Waals surface area contributed by atoms with Crippen molar-refractivity contribution in [2.75, 3.05) is 0 Å². The van der Waals surface area contributed by atoms with E-state index in [4.69, 9.17) is 4.74 Å². The standard InChI is InChI=1S/C26H33NO/c1-24-12-22-13-25(2,17-24)19-26(14-22,18-24)27-15-21-9-6-10-23(11-21)28-16-20-7-4-3-5-8-20/h3-11,22,27H,12-19H2,1-2H3/t22?,24-,25+,26?. The molecule has 4 bridgehead atoms. The van der Waals surface area contributed by atoms with E-state index in [1.54, 1.807) is 0 Å². The maximum absolute atomic E-state index is 6.03. The van der Waals surface area contributed by atoms with Crippen LogP contribution in [0.4, 0.5) is 0 Å². The SMILES string of the molecule is C[C@]12CC3CC(NCc4cccc(OCc5ccccc5)c4)(C1)C[C@@](C)(C3)C2. The summed E-state index contributed by atoms with van der Waals surface area (Å²) in [4.78, 5) is 0. The van der Waals surface area contributed by atoms with E-state index in [0.29, 0.717) is 23.0 Å². The number of hydrogen-bond donors (Lipinski definition) is 1. The lowest BCUT2D eigenvalue weighted by Crippen LogP contribution is -2.63. The van der Waals surface area contributed by atoms with Crippen molar-refractivity contribution in [2.24, 2.45) is 16.7 Å². The van der Waals surface area contributed by atoms with Crippen molar-refractivity contribution in [2.45, 2.75) is 71.1 Å². The van der Waals surface area contributed by atoms with Crippen LogP contribution in [0.1, 0.15) is 63.5 Å². The minimum Gasteiger partial charge on any atom is -0.489 e. The molecule has 0 spiro atoms. The van der Waals surface area contributed by atoms with Gasteiger partial charge in [0.1, 0.15) is 12.4 Å². The van der Waals surface area contributed by atoms with Gasteiger partial charge in [0.05, 0.1) is 0 Å². The molecule has 0 radical (unpaired) electrons. The Hall–Kier alpha value is -1.80. The van der Waals surface area contributed by atoms with Gasteiger partial charge in [-0.05, 0) is 78.5 Å². The molecule has 4 fully saturated rings. The maximum Gasteiger partial charge on any atom is 0.120 e. The molecule has 0 aromatic heterocycles. The fraction of sp³-hybridized carbons (Fsp3) is 0.538. The second-order valence-electron chi connectivity index (χ2n) is 10.7. The molecule has 28 heavy (non-hydrogen) atoms. The van der Waals surface area contributed by atoms with Crippen molar-refractivity contribution < 1.29 is 4.74 Å². The number of ether oxygens (including phenoxy) is 1. The highest BCUT2D eigenvalue weighted by atomic mass is 16.5. The van der Waals surface area contributed by atoms with Gasteiger partial charge < -0.3 is 10.1 Å². The molecule has 0 saturated heterocycles. The van der Waals surface area contributed by atoms with E-state index in [2.05, 4.69) is 67.7 Å². The summed E-state index contributed by atoms with van der Waals surface area (Å²) in [5.74, 6) is 1.90. The molecule has 1 N–H and O–H groups in total. The zero-order valence-electron chi connectivity index (χ0n) is 17.3. The summed E-state index contributed by atoms with van der Waals surface area (Å²) in [5, 5.41) is 4.04. The van der Waals surface area contributed by atoms with Crippen LogP contribution in [0.25, 0.3) is 0 Å². The highest BCUT2D eigenvalue weighted by Gasteiger charge is 2.59. The quantitative estimate of drug-likeness (QED) is 0.658. The van der Waals surface area contributed by atoms with Gasteiger partial charge >= 0.3 is 0 Å². The van der Waals surface area contributed by atoms with Gasteiger partial charge in [-0.15, -0.1) is 0 Å². The Kier molecular flexibility index (Phi) is 4.32. The van der Waals surface area contributed by atoms with Crippen LogP contribution in [0.15, 0.2) is 54.6 Å². The van der Waals surface area contributed by atoms with Crippen LogP contribution in [0.3, 0.4) is 0 Å². The van der Waals surface area contributed by atoms with E-state index < -0.39 is 0 Å². The van der Waals surface area contributed by atoms with Crippen molar-refractivity contribution in [1.82, 2.24) is 5.32 Å². The van der Waals surface area contributed by atoms with Crippen LogP contribution in [0.2, 0.25) is 0 Å². The third-order valence-corrected chi connectivity index (χ3v) is 7.44. The Labute approximate surface area is 169 Å². The van der Waals surface area contributed by atoms with Gasteiger partial charge in [-0.2, -0.15) is 0 Å². The third-order valence-electron chi connectivity index (χ3n) is 7.44. The van der Waals surface area contributed by atoms with Gasteiger partial charge in [-0.3, -0.25) is 0 Å². The lowest BCUT2D eigenvalue weighted by molar-refractivity contribution is -0.118. The van der Waals surface area contributed by atoms with E-state index in [9.17, 15) is 0 Å². The van der Waals surface area contributed by atoms with Crippen molar-refractivity contribution in [1.29, 1.82) is 0 Å². The average Bonchev–Trinajstić information content (AvgIpc) is 2.63. The van der Waals surface area contributed by atoms with Gasteiger partial charge in [0.15, 0.2) is 0 Å². The predicted octanol–water partition coefficient (Wildman–Crippen LogP) is 6.10. The number of hydrogen-bond acceptors (Lipinski definition) is 2. The van der Waals surface area contributed by atoms with Crippen LogP contribution < -0.4 is 10.1 Å². The first-order valence-corrected chi connectivity index (χ1v) is 10.9. The zero-order chi connectivity index (χ0) is 19.2. The van der Waals surface area contributed by atoms with E-state index in [-0.39, 0.29) is 0 Å². The molecule has 4 atom stereocenters. The zero-order valence-corrected chi connectivity index (χ0v) is 17.3. The van der Waals surface area contributed by atoms with Gasteiger partial charge in [-0.25, -0.2) is 0 Å². The van der Waals surface area contributed by atoms with Gasteiger partial charge in [0, 0.05) is 12.1 Å². The first-order valence-electron chi connectivity index (χ1n) is 10.9. The van der Waals surface area contributed by atoms with Gasteiger partial charge in [0.2, 0.25) is 0 Å². The van der Waals surface area contributed by atoms with Crippen LogP contribution in [-0.4, -0.2) is 5.54 Å². The smallest absolute Gasteiger partial charge is 0.120 e. The lowest BCUT2D eigenvalue weighted by atomic mass is 9.43. The molecule has 2 aromatic carbocycles. The van der Waals surface area contributed by atoms with Crippen LogP contribution in [0, 0.1) is 16.7 Å². The molecule has 2 aromatic rings. The number of benzene rings is 2. The average molecular weight is 376 g/mol. The molecule has 2 unspecified atom stereocenters. The molecule has 6 rings (SSSR count). The summed E-state index contributed by atoms with van der Waals surface area (Å²) in [5.41, 5.74) is 4.01. The Morgan fingerprint density at radius 3 is 2.29 bits per heavy atom. The highest BCUT2D eigenvalue weighted by molar-refractivity contribution is 5.29. The molecular weight excluding hydrogens is 342 g/mol. The molecule has 148 valence electrons. The molecule has 0 heterocycles. The van der Waals surface area contributed by atoms with E-state index >= 15 is 0 Å². The maximum atomic E-state index is 6.03. The van der Waals surface area contributed by atoms with Crippen LogP contribution in [-0.2, 0) is 13.2 Å². The Morgan fingerprint density at radius 2 is 1.57 bits per heavy atom. The summed E-state index contributed by atoms with van der Waals surface area (Å²) in [7, 11) is 0. The minimum atomic E-state index is 0.351. The van der Waals surface area contributed by atoms with Crippen LogP contribution in [0.5, 0.6) is 5.75 Å².